The summed E-state index contributed by atoms with van der Waals surface area (Å²) in [5, 5.41) is 3.91. The molecule has 0 fully saturated rings. The van der Waals surface area contributed by atoms with Crippen LogP contribution < -0.4 is 5.48 Å². The summed E-state index contributed by atoms with van der Waals surface area (Å²) >= 11 is 0. The number of nitrogens with one attached hydrogen (secondary N) is 1. The number of nitrogens with zero attached hydrogens (tertiary/aromatic N) is 1. The summed E-state index contributed by atoms with van der Waals surface area (Å²) in [6.07, 6.45) is 1.14. The van der Waals surface area contributed by atoms with Gasteiger partial charge in [-0.2, -0.15) is 5.48 Å². The topological polar surface area (TPSA) is 42.8 Å². The van der Waals surface area contributed by atoms with Gasteiger partial charge in [0.2, 0.25) is 0 Å². The first kappa shape index (κ1) is 20.7. The van der Waals surface area contributed by atoms with Gasteiger partial charge in [-0.3, -0.25) is 4.84 Å². The number of hydroxylamine groups is 1. The standard InChI is InChI=1S/C9H14NOP.C9H12NOP/c2*1-8(10-11-7-12)9-5-3-2-4-6-9/h2-6,8,10H,7,12H2,1H3;2-6H,7,12H2,1H3/b;10-8+/t8-;/m1./s1. The van der Waals surface area contributed by atoms with E-state index in [2.05, 4.69) is 48.2 Å². The summed E-state index contributed by atoms with van der Waals surface area (Å²) in [6, 6.07) is 20.4. The largest absolute Gasteiger partial charge is 0.392 e. The van der Waals surface area contributed by atoms with E-state index in [1.165, 1.54) is 5.56 Å². The lowest BCUT2D eigenvalue weighted by Crippen LogP contribution is -2.18. The van der Waals surface area contributed by atoms with E-state index in [1.54, 1.807) is 0 Å². The Morgan fingerprint density at radius 1 is 1.00 bits per heavy atom. The van der Waals surface area contributed by atoms with E-state index in [4.69, 9.17) is 9.68 Å². The number of benzene rings is 2. The minimum Gasteiger partial charge on any atom is -0.392 e. The molecule has 0 saturated carbocycles. The molecule has 0 radical (unpaired) electrons. The third-order valence-corrected chi connectivity index (χ3v) is 3.43. The van der Waals surface area contributed by atoms with Crippen molar-refractivity contribution < 1.29 is 9.68 Å². The lowest BCUT2D eigenvalue weighted by atomic mass is 10.1. The molecule has 0 spiro atoms. The molecular formula is C18H26N2O2P2. The van der Waals surface area contributed by atoms with Gasteiger partial charge in [-0.15, -0.1) is 9.24 Å². The second-order valence-corrected chi connectivity index (χ2v) is 5.57. The molecule has 24 heavy (non-hydrogen) atoms. The molecule has 2 unspecified atom stereocenters. The van der Waals surface area contributed by atoms with Crippen molar-refractivity contribution in [2.45, 2.75) is 19.9 Å². The van der Waals surface area contributed by atoms with E-state index in [0.717, 1.165) is 11.3 Å². The van der Waals surface area contributed by atoms with Gasteiger partial charge in [0.25, 0.3) is 0 Å². The highest BCUT2D eigenvalue weighted by Crippen LogP contribution is 2.10. The van der Waals surface area contributed by atoms with Crippen LogP contribution in [0.15, 0.2) is 65.8 Å². The average molecular weight is 364 g/mol. The SMILES string of the molecule is C/C(=N\OCP)c1ccccc1.C[C@@H](NOCP)c1ccccc1. The van der Waals surface area contributed by atoms with E-state index >= 15 is 0 Å². The molecule has 0 aliphatic carbocycles. The normalized spacial score (nSPS) is 12.1. The molecule has 0 amide bonds. The molecule has 3 atom stereocenters. The zero-order valence-corrected chi connectivity index (χ0v) is 16.5. The maximum absolute atomic E-state index is 5.06. The number of rotatable bonds is 7. The number of hydrogen-bond acceptors (Lipinski definition) is 4. The van der Waals surface area contributed by atoms with Crippen molar-refractivity contribution in [2.24, 2.45) is 5.16 Å². The number of oxime groups is 1. The van der Waals surface area contributed by atoms with Crippen molar-refractivity contribution in [3.05, 3.63) is 71.8 Å². The van der Waals surface area contributed by atoms with Crippen LogP contribution in [-0.4, -0.2) is 18.4 Å². The Hall–Kier alpha value is -1.31. The highest BCUT2D eigenvalue weighted by atomic mass is 31.0. The molecule has 2 aromatic rings. The van der Waals surface area contributed by atoms with Crippen LogP contribution in [0.5, 0.6) is 0 Å². The van der Waals surface area contributed by atoms with E-state index in [1.807, 2.05) is 55.5 Å². The predicted molar refractivity (Wildman–Crippen MR) is 108 cm³/mol. The fourth-order valence-electron chi connectivity index (χ4n) is 1.85. The summed E-state index contributed by atoms with van der Waals surface area (Å²) in [5.41, 5.74) is 6.15. The van der Waals surface area contributed by atoms with E-state index in [-0.39, 0.29) is 6.04 Å². The zero-order valence-electron chi connectivity index (χ0n) is 14.2. The quantitative estimate of drug-likeness (QED) is 0.451. The molecule has 2 rings (SSSR count). The van der Waals surface area contributed by atoms with Crippen molar-refractivity contribution >= 4 is 24.2 Å². The Morgan fingerprint density at radius 2 is 1.58 bits per heavy atom. The van der Waals surface area contributed by atoms with Crippen LogP contribution in [0.4, 0.5) is 0 Å². The van der Waals surface area contributed by atoms with Gasteiger partial charge in [0.15, 0.2) is 0 Å². The molecule has 6 heteroatoms. The van der Waals surface area contributed by atoms with Crippen molar-refractivity contribution in [1.82, 2.24) is 5.48 Å². The minimum absolute atomic E-state index is 0.242. The molecule has 0 heterocycles. The van der Waals surface area contributed by atoms with Gasteiger partial charge in [0.1, 0.15) is 6.35 Å². The summed E-state index contributed by atoms with van der Waals surface area (Å²) < 4.78 is 0. The van der Waals surface area contributed by atoms with Gasteiger partial charge in [0.05, 0.1) is 18.1 Å². The third kappa shape index (κ3) is 8.52. The van der Waals surface area contributed by atoms with Crippen LogP contribution >= 0.6 is 18.5 Å². The smallest absolute Gasteiger partial charge is 0.129 e. The monoisotopic (exact) mass is 364 g/mol. The fourth-order valence-corrected chi connectivity index (χ4v) is 2.02. The summed E-state index contributed by atoms with van der Waals surface area (Å²) in [7, 11) is 4.95. The first-order valence-corrected chi connectivity index (χ1v) is 9.36. The first-order valence-electron chi connectivity index (χ1n) is 7.73. The minimum atomic E-state index is 0.242. The van der Waals surface area contributed by atoms with E-state index in [9.17, 15) is 0 Å². The Bertz CT molecular complexity index is 580. The van der Waals surface area contributed by atoms with Crippen LogP contribution in [0, 0.1) is 0 Å². The molecule has 0 aliphatic rings. The lowest BCUT2D eigenvalue weighted by Gasteiger charge is -2.12. The van der Waals surface area contributed by atoms with Crippen LogP contribution in [0.3, 0.4) is 0 Å². The van der Waals surface area contributed by atoms with Crippen LogP contribution in [-0.2, 0) is 9.68 Å². The van der Waals surface area contributed by atoms with Gasteiger partial charge in [-0.1, -0.05) is 75.1 Å². The van der Waals surface area contributed by atoms with Crippen LogP contribution in [0.1, 0.15) is 31.0 Å². The van der Waals surface area contributed by atoms with Gasteiger partial charge in [0, 0.05) is 0 Å². The van der Waals surface area contributed by atoms with E-state index < -0.39 is 0 Å². The summed E-state index contributed by atoms with van der Waals surface area (Å²) in [6.45, 7) is 3.99. The molecule has 0 bridgehead atoms. The molecular weight excluding hydrogens is 338 g/mol. The van der Waals surface area contributed by atoms with Crippen molar-refractivity contribution in [2.75, 3.05) is 12.7 Å². The van der Waals surface area contributed by atoms with Crippen LogP contribution in [0.25, 0.3) is 0 Å². The second-order valence-electron chi connectivity index (χ2n) is 4.90. The van der Waals surface area contributed by atoms with Gasteiger partial charge in [-0.25, -0.2) is 0 Å². The fraction of sp³-hybridized carbons (Fsp3) is 0.278. The summed E-state index contributed by atoms with van der Waals surface area (Å²) in [5.74, 6) is 0. The second kappa shape index (κ2) is 13.0. The summed E-state index contributed by atoms with van der Waals surface area (Å²) in [4.78, 5) is 9.96. The molecule has 0 aliphatic heterocycles. The van der Waals surface area contributed by atoms with Crippen molar-refractivity contribution in [3.8, 4) is 0 Å². The Kier molecular flexibility index (Phi) is 11.3. The maximum atomic E-state index is 5.06. The Balaban J connectivity index is 0.000000240. The first-order chi connectivity index (χ1) is 11.7. The van der Waals surface area contributed by atoms with Crippen molar-refractivity contribution in [3.63, 3.8) is 0 Å². The highest BCUT2D eigenvalue weighted by molar-refractivity contribution is 7.16. The maximum Gasteiger partial charge on any atom is 0.129 e. The van der Waals surface area contributed by atoms with Crippen molar-refractivity contribution in [1.29, 1.82) is 0 Å². The molecule has 1 N–H and O–H groups in total. The molecule has 0 saturated heterocycles. The Labute approximate surface area is 149 Å². The zero-order chi connectivity index (χ0) is 17.6. The molecule has 0 aromatic heterocycles. The molecule has 4 nitrogen and oxygen atoms in total. The number of hydrogen-bond donors (Lipinski definition) is 1. The average Bonchev–Trinajstić information content (AvgIpc) is 2.66. The van der Waals surface area contributed by atoms with Gasteiger partial charge in [-0.05, 0) is 25.0 Å². The Morgan fingerprint density at radius 3 is 2.12 bits per heavy atom. The molecule has 130 valence electrons. The third-order valence-electron chi connectivity index (χ3n) is 3.11. The highest BCUT2D eigenvalue weighted by Gasteiger charge is 2.01. The van der Waals surface area contributed by atoms with E-state index in [0.29, 0.717) is 12.7 Å². The van der Waals surface area contributed by atoms with Crippen LogP contribution in [0.2, 0.25) is 0 Å². The van der Waals surface area contributed by atoms with Gasteiger partial charge < -0.3 is 4.84 Å². The lowest BCUT2D eigenvalue weighted by molar-refractivity contribution is 0.0536. The van der Waals surface area contributed by atoms with Gasteiger partial charge >= 0.3 is 0 Å². The molecule has 2 aromatic carbocycles. The predicted octanol–water partition coefficient (Wildman–Crippen LogP) is 4.36.